The fourth-order valence-electron chi connectivity index (χ4n) is 8.19. The van der Waals surface area contributed by atoms with E-state index in [9.17, 15) is 4.79 Å². The Morgan fingerprint density at radius 3 is 2.12 bits per heavy atom. The van der Waals surface area contributed by atoms with Crippen molar-refractivity contribution in [2.45, 2.75) is 69.2 Å². The van der Waals surface area contributed by atoms with E-state index in [1.807, 2.05) is 0 Å². The second-order valence-electron chi connectivity index (χ2n) is 11.8. The molecule has 4 bridgehead atoms. The van der Waals surface area contributed by atoms with E-state index in [1.54, 1.807) is 5.57 Å². The first-order valence-electron chi connectivity index (χ1n) is 13.4. The van der Waals surface area contributed by atoms with Crippen molar-refractivity contribution >= 4 is 12.0 Å². The van der Waals surface area contributed by atoms with Crippen LogP contribution in [0.15, 0.2) is 66.2 Å². The molecule has 5 fully saturated rings. The number of amides is 1. The summed E-state index contributed by atoms with van der Waals surface area (Å²) in [6.45, 7) is 0.782. The van der Waals surface area contributed by atoms with Crippen LogP contribution in [-0.2, 0) is 10.2 Å². The Morgan fingerprint density at radius 1 is 0.882 bits per heavy atom. The smallest absolute Gasteiger partial charge is 0.226 e. The van der Waals surface area contributed by atoms with E-state index in [0.29, 0.717) is 29.7 Å². The van der Waals surface area contributed by atoms with Gasteiger partial charge in [-0.3, -0.25) is 4.79 Å². The van der Waals surface area contributed by atoms with Crippen LogP contribution in [0.4, 0.5) is 0 Å². The molecule has 3 nitrogen and oxygen atoms in total. The number of hydrogen-bond donors (Lipinski definition) is 2. The molecule has 5 aliphatic carbocycles. The van der Waals surface area contributed by atoms with Gasteiger partial charge in [0.15, 0.2) is 0 Å². The summed E-state index contributed by atoms with van der Waals surface area (Å²) in [5, 5.41) is 3.55. The van der Waals surface area contributed by atoms with Gasteiger partial charge in [0.05, 0.1) is 5.41 Å². The third-order valence-corrected chi connectivity index (χ3v) is 9.68. The largest absolute Gasteiger partial charge is 0.353 e. The van der Waals surface area contributed by atoms with E-state index in [4.69, 9.17) is 5.73 Å². The normalized spacial score (nSPS) is 36.3. The minimum absolute atomic E-state index is 0.135. The van der Waals surface area contributed by atoms with Crippen molar-refractivity contribution in [3.63, 3.8) is 0 Å². The Morgan fingerprint density at radius 2 is 1.50 bits per heavy atom. The average Bonchev–Trinajstić information content (AvgIpc) is 2.87. The maximum atomic E-state index is 14.0. The van der Waals surface area contributed by atoms with Gasteiger partial charge in [-0.2, -0.15) is 0 Å². The van der Waals surface area contributed by atoms with Gasteiger partial charge in [0.2, 0.25) is 5.91 Å². The lowest BCUT2D eigenvalue weighted by Crippen LogP contribution is -2.60. The summed E-state index contributed by atoms with van der Waals surface area (Å²) in [4.78, 5) is 14.0. The number of benzene rings is 2. The van der Waals surface area contributed by atoms with Crippen molar-refractivity contribution in [2.75, 3.05) is 6.54 Å². The number of rotatable bonds is 5. The van der Waals surface area contributed by atoms with E-state index in [1.165, 1.54) is 24.0 Å². The molecule has 0 spiro atoms. The average molecular weight is 455 g/mol. The zero-order valence-corrected chi connectivity index (χ0v) is 20.2. The van der Waals surface area contributed by atoms with Gasteiger partial charge in [-0.05, 0) is 98.6 Å². The standard InChI is InChI=1S/C31H38N2O/c32-20-23-11-13-27(14-12-23)33-29(34)31-18-24-16-30(21-31,26-9-5-2-6-10-26)17-25(19-31)28(24)15-22-7-3-1-4-8-22/h1-10,15,23-25,27H,11-14,16-21,32H2,(H,33,34). The summed E-state index contributed by atoms with van der Waals surface area (Å²) in [7, 11) is 0. The number of nitrogens with two attached hydrogens (primary N) is 1. The summed E-state index contributed by atoms with van der Waals surface area (Å²) in [5.41, 5.74) is 10.2. The molecule has 0 aliphatic heterocycles. The van der Waals surface area contributed by atoms with E-state index in [0.717, 1.165) is 51.5 Å². The van der Waals surface area contributed by atoms with Gasteiger partial charge < -0.3 is 11.1 Å². The molecule has 5 saturated carbocycles. The Bertz CT molecular complexity index is 1030. The molecule has 2 aromatic carbocycles. The Labute approximate surface area is 204 Å². The van der Waals surface area contributed by atoms with Crippen molar-refractivity contribution in [2.24, 2.45) is 28.9 Å². The van der Waals surface area contributed by atoms with Gasteiger partial charge in [0.1, 0.15) is 0 Å². The topological polar surface area (TPSA) is 55.1 Å². The molecule has 2 atom stereocenters. The second kappa shape index (κ2) is 8.68. The third-order valence-electron chi connectivity index (χ3n) is 9.68. The van der Waals surface area contributed by atoms with Gasteiger partial charge in [-0.1, -0.05) is 72.3 Å². The maximum Gasteiger partial charge on any atom is 0.226 e. The molecule has 7 rings (SSSR count). The minimum Gasteiger partial charge on any atom is -0.353 e. The predicted molar refractivity (Wildman–Crippen MR) is 138 cm³/mol. The molecule has 178 valence electrons. The van der Waals surface area contributed by atoms with Crippen LogP contribution in [0.5, 0.6) is 0 Å². The molecule has 0 saturated heterocycles. The molecule has 1 amide bonds. The van der Waals surface area contributed by atoms with Crippen LogP contribution in [-0.4, -0.2) is 18.5 Å². The van der Waals surface area contributed by atoms with E-state index < -0.39 is 0 Å². The molecule has 3 N–H and O–H groups in total. The quantitative estimate of drug-likeness (QED) is 0.595. The van der Waals surface area contributed by atoms with Gasteiger partial charge in [-0.15, -0.1) is 0 Å². The summed E-state index contributed by atoms with van der Waals surface area (Å²) < 4.78 is 0. The van der Waals surface area contributed by atoms with Crippen molar-refractivity contribution in [3.05, 3.63) is 77.4 Å². The predicted octanol–water partition coefficient (Wildman–Crippen LogP) is 5.85. The van der Waals surface area contributed by atoms with Crippen molar-refractivity contribution < 1.29 is 4.79 Å². The maximum absolute atomic E-state index is 14.0. The molecule has 34 heavy (non-hydrogen) atoms. The fourth-order valence-corrected chi connectivity index (χ4v) is 8.19. The molecular formula is C31H38N2O. The van der Waals surface area contributed by atoms with E-state index >= 15 is 0 Å². The molecule has 2 aromatic rings. The van der Waals surface area contributed by atoms with Crippen LogP contribution in [0, 0.1) is 23.2 Å². The third kappa shape index (κ3) is 3.82. The number of carbonyl (C=O) groups excluding carboxylic acids is 1. The molecule has 5 aliphatic rings. The molecule has 0 radical (unpaired) electrons. The number of nitrogens with one attached hydrogen (secondary N) is 1. The lowest BCUT2D eigenvalue weighted by molar-refractivity contribution is -0.145. The monoisotopic (exact) mass is 454 g/mol. The van der Waals surface area contributed by atoms with Gasteiger partial charge in [0.25, 0.3) is 0 Å². The van der Waals surface area contributed by atoms with Crippen molar-refractivity contribution in [1.29, 1.82) is 0 Å². The van der Waals surface area contributed by atoms with E-state index in [2.05, 4.69) is 72.1 Å². The second-order valence-corrected chi connectivity index (χ2v) is 11.8. The van der Waals surface area contributed by atoms with Crippen LogP contribution in [0.1, 0.15) is 68.9 Å². The van der Waals surface area contributed by atoms with Crippen LogP contribution >= 0.6 is 0 Å². The summed E-state index contributed by atoms with van der Waals surface area (Å²) in [5.74, 6) is 1.98. The van der Waals surface area contributed by atoms with Gasteiger partial charge in [0, 0.05) is 6.04 Å². The SMILES string of the molecule is NCC1CCC(NC(=O)C23CC4CC(c5ccccc5)(CC(C2)C4=Cc2ccccc2)C3)CC1. The highest BCUT2D eigenvalue weighted by Crippen LogP contribution is 2.67. The number of carbonyl (C=O) groups is 1. The van der Waals surface area contributed by atoms with Crippen molar-refractivity contribution in [1.82, 2.24) is 5.32 Å². The highest BCUT2D eigenvalue weighted by Gasteiger charge is 2.62. The van der Waals surface area contributed by atoms with Crippen LogP contribution < -0.4 is 11.1 Å². The summed E-state index contributed by atoms with van der Waals surface area (Å²) in [6, 6.07) is 22.2. The first kappa shape index (κ1) is 22.1. The van der Waals surface area contributed by atoms with Crippen LogP contribution in [0.2, 0.25) is 0 Å². The fraction of sp³-hybridized carbons (Fsp3) is 0.516. The molecule has 0 heterocycles. The molecule has 0 aromatic heterocycles. The lowest BCUT2D eigenvalue weighted by atomic mass is 9.41. The van der Waals surface area contributed by atoms with Crippen LogP contribution in [0.3, 0.4) is 0 Å². The highest BCUT2D eigenvalue weighted by atomic mass is 16.2. The van der Waals surface area contributed by atoms with Crippen molar-refractivity contribution in [3.8, 4) is 0 Å². The minimum atomic E-state index is -0.222. The molecule has 2 unspecified atom stereocenters. The summed E-state index contributed by atoms with van der Waals surface area (Å²) >= 11 is 0. The molecular weight excluding hydrogens is 416 g/mol. The highest BCUT2D eigenvalue weighted by molar-refractivity contribution is 5.84. The van der Waals surface area contributed by atoms with Gasteiger partial charge in [-0.25, -0.2) is 0 Å². The molecule has 3 heteroatoms. The lowest BCUT2D eigenvalue weighted by Gasteiger charge is -2.62. The Kier molecular flexibility index (Phi) is 5.64. The first-order chi connectivity index (χ1) is 16.6. The Balaban J connectivity index is 1.30. The van der Waals surface area contributed by atoms with Crippen LogP contribution in [0.25, 0.3) is 6.08 Å². The first-order valence-corrected chi connectivity index (χ1v) is 13.4. The van der Waals surface area contributed by atoms with E-state index in [-0.39, 0.29) is 10.8 Å². The number of allylic oxidation sites excluding steroid dienone is 1. The Hall–Kier alpha value is -2.39. The zero-order valence-electron chi connectivity index (χ0n) is 20.2. The zero-order chi connectivity index (χ0) is 23.2. The van der Waals surface area contributed by atoms with Gasteiger partial charge >= 0.3 is 0 Å². The summed E-state index contributed by atoms with van der Waals surface area (Å²) in [6.07, 6.45) is 12.3. The number of hydrogen-bond acceptors (Lipinski definition) is 2.